The van der Waals surface area contributed by atoms with E-state index in [0.29, 0.717) is 6.54 Å². The second-order valence-corrected chi connectivity index (χ2v) is 6.16. The molecule has 0 spiro atoms. The average molecular weight is 289 g/mol. The second-order valence-electron chi connectivity index (χ2n) is 6.16. The second kappa shape index (κ2) is 5.60. The smallest absolute Gasteiger partial charge is 0.163 e. The van der Waals surface area contributed by atoms with E-state index in [9.17, 15) is 5.11 Å². The highest BCUT2D eigenvalue weighted by Crippen LogP contribution is 2.34. The lowest BCUT2D eigenvalue weighted by molar-refractivity contribution is 0.00225. The van der Waals surface area contributed by atoms with Crippen LogP contribution in [0, 0.1) is 5.92 Å². The molecule has 0 unspecified atom stereocenters. The Labute approximate surface area is 124 Å². The minimum Gasteiger partial charge on any atom is -0.388 e. The van der Waals surface area contributed by atoms with Gasteiger partial charge in [-0.25, -0.2) is 9.97 Å². The number of nitrogens with one attached hydrogen (secondary N) is 1. The SMILES string of the molecule is CCC1CCC(O)(CNc2ncnc3c2cnn3C)CC1. The number of rotatable bonds is 4. The van der Waals surface area contributed by atoms with Gasteiger partial charge in [-0.05, 0) is 31.6 Å². The molecule has 0 amide bonds. The summed E-state index contributed by atoms with van der Waals surface area (Å²) < 4.78 is 1.73. The van der Waals surface area contributed by atoms with E-state index in [1.807, 2.05) is 7.05 Å². The van der Waals surface area contributed by atoms with Crippen molar-refractivity contribution in [3.8, 4) is 0 Å². The van der Waals surface area contributed by atoms with E-state index in [2.05, 4.69) is 27.3 Å². The first-order chi connectivity index (χ1) is 10.1. The summed E-state index contributed by atoms with van der Waals surface area (Å²) in [5.41, 5.74) is 0.180. The summed E-state index contributed by atoms with van der Waals surface area (Å²) in [6.07, 6.45) is 8.45. The van der Waals surface area contributed by atoms with Crippen LogP contribution in [0.15, 0.2) is 12.5 Å². The van der Waals surface area contributed by atoms with Crippen molar-refractivity contribution in [3.05, 3.63) is 12.5 Å². The summed E-state index contributed by atoms with van der Waals surface area (Å²) in [5, 5.41) is 19.1. The van der Waals surface area contributed by atoms with Crippen molar-refractivity contribution >= 4 is 16.9 Å². The van der Waals surface area contributed by atoms with Crippen LogP contribution < -0.4 is 5.32 Å². The monoisotopic (exact) mass is 289 g/mol. The van der Waals surface area contributed by atoms with Gasteiger partial charge in [-0.1, -0.05) is 13.3 Å². The molecule has 2 N–H and O–H groups in total. The van der Waals surface area contributed by atoms with Gasteiger partial charge < -0.3 is 10.4 Å². The Morgan fingerprint density at radius 3 is 2.86 bits per heavy atom. The van der Waals surface area contributed by atoms with Crippen LogP contribution in [0.2, 0.25) is 0 Å². The molecule has 1 aliphatic rings. The summed E-state index contributed by atoms with van der Waals surface area (Å²) in [5.74, 6) is 1.52. The van der Waals surface area contributed by atoms with E-state index in [1.54, 1.807) is 10.9 Å². The molecule has 114 valence electrons. The first-order valence-corrected chi connectivity index (χ1v) is 7.70. The Morgan fingerprint density at radius 2 is 2.14 bits per heavy atom. The molecule has 0 aromatic carbocycles. The predicted octanol–water partition coefficient (Wildman–Crippen LogP) is 2.11. The quantitative estimate of drug-likeness (QED) is 0.901. The molecule has 0 aliphatic heterocycles. The Kier molecular flexibility index (Phi) is 3.80. The fraction of sp³-hybridized carbons (Fsp3) is 0.667. The summed E-state index contributed by atoms with van der Waals surface area (Å²) in [7, 11) is 1.86. The number of fused-ring (bicyclic) bond motifs is 1. The Morgan fingerprint density at radius 1 is 1.38 bits per heavy atom. The van der Waals surface area contributed by atoms with Crippen molar-refractivity contribution in [2.75, 3.05) is 11.9 Å². The third-order valence-corrected chi connectivity index (χ3v) is 4.73. The fourth-order valence-electron chi connectivity index (χ4n) is 3.15. The molecule has 6 nitrogen and oxygen atoms in total. The number of aryl methyl sites for hydroxylation is 1. The number of hydrogen-bond donors (Lipinski definition) is 2. The Balaban J connectivity index is 1.69. The van der Waals surface area contributed by atoms with Crippen LogP contribution in [0.3, 0.4) is 0 Å². The van der Waals surface area contributed by atoms with Gasteiger partial charge in [0.2, 0.25) is 0 Å². The van der Waals surface area contributed by atoms with Gasteiger partial charge in [0.05, 0.1) is 17.2 Å². The highest BCUT2D eigenvalue weighted by atomic mass is 16.3. The van der Waals surface area contributed by atoms with Gasteiger partial charge in [-0.15, -0.1) is 0 Å². The highest BCUT2D eigenvalue weighted by molar-refractivity contribution is 5.85. The molecule has 21 heavy (non-hydrogen) atoms. The van der Waals surface area contributed by atoms with Gasteiger partial charge in [0.15, 0.2) is 5.65 Å². The van der Waals surface area contributed by atoms with E-state index in [0.717, 1.165) is 48.5 Å². The third kappa shape index (κ3) is 2.85. The molecule has 1 aliphatic carbocycles. The van der Waals surface area contributed by atoms with Crippen LogP contribution in [0.5, 0.6) is 0 Å². The zero-order chi connectivity index (χ0) is 14.9. The van der Waals surface area contributed by atoms with Crippen molar-refractivity contribution in [2.24, 2.45) is 13.0 Å². The van der Waals surface area contributed by atoms with Crippen LogP contribution in [0.1, 0.15) is 39.0 Å². The first kappa shape index (κ1) is 14.3. The number of hydrogen-bond acceptors (Lipinski definition) is 5. The predicted molar refractivity (Wildman–Crippen MR) is 82.0 cm³/mol. The molecular formula is C15H23N5O. The minimum atomic E-state index is -0.620. The lowest BCUT2D eigenvalue weighted by atomic mass is 9.78. The summed E-state index contributed by atoms with van der Waals surface area (Å²) in [4.78, 5) is 8.50. The fourth-order valence-corrected chi connectivity index (χ4v) is 3.15. The zero-order valence-electron chi connectivity index (χ0n) is 12.7. The molecule has 0 bridgehead atoms. The molecule has 6 heteroatoms. The first-order valence-electron chi connectivity index (χ1n) is 7.70. The number of anilines is 1. The van der Waals surface area contributed by atoms with Gasteiger partial charge >= 0.3 is 0 Å². The molecule has 0 saturated heterocycles. The average Bonchev–Trinajstić information content (AvgIpc) is 2.88. The molecule has 1 saturated carbocycles. The van der Waals surface area contributed by atoms with Crippen LogP contribution in [0.4, 0.5) is 5.82 Å². The lowest BCUT2D eigenvalue weighted by Gasteiger charge is -2.36. The number of aliphatic hydroxyl groups is 1. The van der Waals surface area contributed by atoms with Crippen LogP contribution in [-0.4, -0.2) is 37.0 Å². The van der Waals surface area contributed by atoms with Crippen molar-refractivity contribution < 1.29 is 5.11 Å². The number of nitrogens with zero attached hydrogens (tertiary/aromatic N) is 4. The largest absolute Gasteiger partial charge is 0.388 e. The maximum absolute atomic E-state index is 10.7. The normalized spacial score (nSPS) is 26.1. The Hall–Kier alpha value is -1.69. The van der Waals surface area contributed by atoms with E-state index in [-0.39, 0.29) is 0 Å². The van der Waals surface area contributed by atoms with E-state index < -0.39 is 5.60 Å². The molecule has 2 aromatic rings. The van der Waals surface area contributed by atoms with E-state index in [1.165, 1.54) is 12.7 Å². The van der Waals surface area contributed by atoms with Crippen molar-refractivity contribution in [1.82, 2.24) is 19.7 Å². The minimum absolute atomic E-state index is 0.532. The van der Waals surface area contributed by atoms with Crippen molar-refractivity contribution in [3.63, 3.8) is 0 Å². The van der Waals surface area contributed by atoms with Crippen LogP contribution in [-0.2, 0) is 7.05 Å². The molecule has 3 rings (SSSR count). The van der Waals surface area contributed by atoms with E-state index >= 15 is 0 Å². The van der Waals surface area contributed by atoms with Crippen LogP contribution >= 0.6 is 0 Å². The zero-order valence-corrected chi connectivity index (χ0v) is 12.7. The number of aromatic nitrogens is 4. The Bertz CT molecular complexity index is 616. The molecular weight excluding hydrogens is 266 g/mol. The molecule has 2 heterocycles. The third-order valence-electron chi connectivity index (χ3n) is 4.73. The van der Waals surface area contributed by atoms with Gasteiger partial charge in [0.1, 0.15) is 12.1 Å². The highest BCUT2D eigenvalue weighted by Gasteiger charge is 2.32. The van der Waals surface area contributed by atoms with Crippen molar-refractivity contribution in [1.29, 1.82) is 0 Å². The molecule has 0 atom stereocenters. The van der Waals surface area contributed by atoms with Gasteiger partial charge in [0, 0.05) is 13.6 Å². The summed E-state index contributed by atoms with van der Waals surface area (Å²) in [6.45, 7) is 2.76. The maximum Gasteiger partial charge on any atom is 0.163 e. The van der Waals surface area contributed by atoms with Gasteiger partial charge in [-0.2, -0.15) is 5.10 Å². The van der Waals surface area contributed by atoms with E-state index in [4.69, 9.17) is 0 Å². The summed E-state index contributed by atoms with van der Waals surface area (Å²) in [6, 6.07) is 0. The molecule has 2 aromatic heterocycles. The maximum atomic E-state index is 10.7. The van der Waals surface area contributed by atoms with Crippen molar-refractivity contribution in [2.45, 2.75) is 44.6 Å². The summed E-state index contributed by atoms with van der Waals surface area (Å²) >= 11 is 0. The molecule has 0 radical (unpaired) electrons. The topological polar surface area (TPSA) is 75.9 Å². The lowest BCUT2D eigenvalue weighted by Crippen LogP contribution is -2.40. The van der Waals surface area contributed by atoms with Crippen LogP contribution in [0.25, 0.3) is 11.0 Å². The van der Waals surface area contributed by atoms with Gasteiger partial charge in [-0.3, -0.25) is 4.68 Å². The van der Waals surface area contributed by atoms with Gasteiger partial charge in [0.25, 0.3) is 0 Å². The standard InChI is InChI=1S/C15H23N5O/c1-3-11-4-6-15(21,7-5-11)9-16-13-12-8-19-20(2)14(12)18-10-17-13/h8,10-11,21H,3-7,9H2,1-2H3,(H,16,17,18). The molecule has 1 fully saturated rings.